The van der Waals surface area contributed by atoms with Gasteiger partial charge in [-0.2, -0.15) is 0 Å². The van der Waals surface area contributed by atoms with Crippen molar-refractivity contribution >= 4 is 12.1 Å². The van der Waals surface area contributed by atoms with Crippen LogP contribution in [0, 0.1) is 11.8 Å². The molecule has 0 N–H and O–H groups in total. The van der Waals surface area contributed by atoms with Crippen LogP contribution in [0.15, 0.2) is 0 Å². The summed E-state index contributed by atoms with van der Waals surface area (Å²) in [7, 11) is 0. The summed E-state index contributed by atoms with van der Waals surface area (Å²) in [6.07, 6.45) is 5.79. The fraction of sp³-hybridized carbons (Fsp3) is 0.800. The lowest BCUT2D eigenvalue weighted by Gasteiger charge is -2.11. The molecule has 0 heterocycles. The van der Waals surface area contributed by atoms with E-state index in [9.17, 15) is 9.59 Å². The second-order valence-corrected chi connectivity index (χ2v) is 3.53. The van der Waals surface area contributed by atoms with Crippen molar-refractivity contribution in [3.05, 3.63) is 0 Å². The molecule has 68 valence electrons. The predicted octanol–water partition coefficient (Wildman–Crippen LogP) is 1.97. The summed E-state index contributed by atoms with van der Waals surface area (Å²) in [6, 6.07) is 0. The first-order valence-corrected chi connectivity index (χ1v) is 4.78. The van der Waals surface area contributed by atoms with Crippen LogP contribution in [-0.4, -0.2) is 12.1 Å². The van der Waals surface area contributed by atoms with E-state index in [-0.39, 0.29) is 17.6 Å². The molecule has 1 rings (SSSR count). The van der Waals surface area contributed by atoms with Crippen LogP contribution in [0.3, 0.4) is 0 Å². The van der Waals surface area contributed by atoms with Crippen LogP contribution in [0.1, 0.15) is 39.0 Å². The van der Waals surface area contributed by atoms with Crippen molar-refractivity contribution in [2.45, 2.75) is 39.0 Å². The summed E-state index contributed by atoms with van der Waals surface area (Å²) in [6.45, 7) is 1.89. The molecule has 0 amide bonds. The van der Waals surface area contributed by atoms with Crippen LogP contribution in [0.5, 0.6) is 0 Å². The molecular formula is C10H16O2. The van der Waals surface area contributed by atoms with Gasteiger partial charge in [0, 0.05) is 5.92 Å². The van der Waals surface area contributed by atoms with Gasteiger partial charge in [-0.05, 0) is 19.3 Å². The van der Waals surface area contributed by atoms with Crippen LogP contribution in [-0.2, 0) is 9.59 Å². The van der Waals surface area contributed by atoms with E-state index < -0.39 is 0 Å². The lowest BCUT2D eigenvalue weighted by Crippen LogP contribution is -2.22. The van der Waals surface area contributed by atoms with Gasteiger partial charge in [0.05, 0.1) is 5.92 Å². The van der Waals surface area contributed by atoms with Crippen LogP contribution in [0.25, 0.3) is 0 Å². The fourth-order valence-corrected chi connectivity index (χ4v) is 1.88. The van der Waals surface area contributed by atoms with Gasteiger partial charge in [-0.3, -0.25) is 4.79 Å². The van der Waals surface area contributed by atoms with E-state index in [1.165, 1.54) is 0 Å². The zero-order chi connectivity index (χ0) is 8.97. The molecule has 12 heavy (non-hydrogen) atoms. The average molecular weight is 168 g/mol. The molecular weight excluding hydrogens is 152 g/mol. The highest BCUT2D eigenvalue weighted by Gasteiger charge is 2.27. The molecule has 0 aliphatic heterocycles. The average Bonchev–Trinajstić information content (AvgIpc) is 2.58. The molecule has 0 radical (unpaired) electrons. The first-order chi connectivity index (χ1) is 5.79. The van der Waals surface area contributed by atoms with Gasteiger partial charge in [-0.15, -0.1) is 0 Å². The Kier molecular flexibility index (Phi) is 3.45. The first kappa shape index (κ1) is 9.43. The number of aldehydes is 1. The summed E-state index contributed by atoms with van der Waals surface area (Å²) >= 11 is 0. The van der Waals surface area contributed by atoms with Crippen LogP contribution in [0.4, 0.5) is 0 Å². The maximum Gasteiger partial charge on any atom is 0.146 e. The number of ketones is 1. The second kappa shape index (κ2) is 4.39. The molecule has 0 bridgehead atoms. The van der Waals surface area contributed by atoms with Gasteiger partial charge in [0.2, 0.25) is 0 Å². The topological polar surface area (TPSA) is 34.1 Å². The van der Waals surface area contributed by atoms with Gasteiger partial charge >= 0.3 is 0 Å². The van der Waals surface area contributed by atoms with Crippen molar-refractivity contribution in [2.75, 3.05) is 0 Å². The Morgan fingerprint density at radius 1 is 1.50 bits per heavy atom. The highest BCUT2D eigenvalue weighted by Crippen LogP contribution is 2.28. The summed E-state index contributed by atoms with van der Waals surface area (Å²) in [5.41, 5.74) is 0. The highest BCUT2D eigenvalue weighted by molar-refractivity contribution is 5.94. The SMILES string of the molecule is CCC(C=O)C(=O)C1CCCC1. The summed E-state index contributed by atoms with van der Waals surface area (Å²) in [5.74, 6) is 0.0539. The van der Waals surface area contributed by atoms with Gasteiger partial charge < -0.3 is 4.79 Å². The van der Waals surface area contributed by atoms with Gasteiger partial charge in [0.15, 0.2) is 0 Å². The molecule has 1 atom stereocenters. The fourth-order valence-electron chi connectivity index (χ4n) is 1.88. The van der Waals surface area contributed by atoms with E-state index in [0.29, 0.717) is 6.42 Å². The zero-order valence-electron chi connectivity index (χ0n) is 7.58. The molecule has 0 saturated heterocycles. The molecule has 2 nitrogen and oxygen atoms in total. The van der Waals surface area contributed by atoms with E-state index in [1.54, 1.807) is 0 Å². The third-order valence-corrected chi connectivity index (χ3v) is 2.73. The maximum absolute atomic E-state index is 11.6. The third-order valence-electron chi connectivity index (χ3n) is 2.73. The third kappa shape index (κ3) is 1.93. The summed E-state index contributed by atoms with van der Waals surface area (Å²) in [4.78, 5) is 22.1. The molecule has 1 fully saturated rings. The van der Waals surface area contributed by atoms with E-state index in [2.05, 4.69) is 0 Å². The Labute approximate surface area is 73.3 Å². The molecule has 0 aromatic carbocycles. The quantitative estimate of drug-likeness (QED) is 0.475. The Hall–Kier alpha value is -0.660. The molecule has 2 heteroatoms. The number of carbonyl (C=O) groups is 2. The number of carbonyl (C=O) groups excluding carboxylic acids is 2. The lowest BCUT2D eigenvalue weighted by atomic mass is 9.91. The van der Waals surface area contributed by atoms with Crippen molar-refractivity contribution in [1.29, 1.82) is 0 Å². The molecule has 1 unspecified atom stereocenters. The van der Waals surface area contributed by atoms with Gasteiger partial charge in [-0.25, -0.2) is 0 Å². The van der Waals surface area contributed by atoms with Gasteiger partial charge in [0.25, 0.3) is 0 Å². The Bertz CT molecular complexity index is 169. The molecule has 1 saturated carbocycles. The Morgan fingerprint density at radius 3 is 2.50 bits per heavy atom. The molecule has 0 spiro atoms. The monoisotopic (exact) mass is 168 g/mol. The van der Waals surface area contributed by atoms with E-state index in [0.717, 1.165) is 32.0 Å². The smallest absolute Gasteiger partial charge is 0.146 e. The summed E-state index contributed by atoms with van der Waals surface area (Å²) in [5, 5.41) is 0. The normalized spacial score (nSPS) is 20.8. The van der Waals surface area contributed by atoms with Crippen molar-refractivity contribution in [1.82, 2.24) is 0 Å². The minimum absolute atomic E-state index is 0.185. The second-order valence-electron chi connectivity index (χ2n) is 3.53. The van der Waals surface area contributed by atoms with Gasteiger partial charge in [0.1, 0.15) is 12.1 Å². The zero-order valence-corrected chi connectivity index (χ0v) is 7.58. The van der Waals surface area contributed by atoms with Crippen LogP contribution in [0.2, 0.25) is 0 Å². The minimum Gasteiger partial charge on any atom is -0.303 e. The van der Waals surface area contributed by atoms with Crippen molar-refractivity contribution in [3.63, 3.8) is 0 Å². The van der Waals surface area contributed by atoms with Gasteiger partial charge in [-0.1, -0.05) is 19.8 Å². The Balaban J connectivity index is 2.49. The first-order valence-electron chi connectivity index (χ1n) is 4.78. The van der Waals surface area contributed by atoms with Crippen molar-refractivity contribution in [2.24, 2.45) is 11.8 Å². The van der Waals surface area contributed by atoms with E-state index in [1.807, 2.05) is 6.92 Å². The standard InChI is InChI=1S/C10H16O2/c1-2-8(7-11)10(12)9-5-3-4-6-9/h7-9H,2-6H2,1H3. The number of Topliss-reactive ketones (excluding diaryl/α,β-unsaturated/α-hetero) is 1. The van der Waals surface area contributed by atoms with Crippen LogP contribution < -0.4 is 0 Å². The Morgan fingerprint density at radius 2 is 2.08 bits per heavy atom. The number of hydrogen-bond donors (Lipinski definition) is 0. The van der Waals surface area contributed by atoms with Crippen molar-refractivity contribution < 1.29 is 9.59 Å². The summed E-state index contributed by atoms with van der Waals surface area (Å²) < 4.78 is 0. The molecule has 1 aliphatic rings. The maximum atomic E-state index is 11.6. The highest BCUT2D eigenvalue weighted by atomic mass is 16.1. The largest absolute Gasteiger partial charge is 0.303 e. The molecule has 0 aromatic rings. The number of hydrogen-bond acceptors (Lipinski definition) is 2. The predicted molar refractivity (Wildman–Crippen MR) is 46.8 cm³/mol. The van der Waals surface area contributed by atoms with Crippen molar-refractivity contribution in [3.8, 4) is 0 Å². The minimum atomic E-state index is -0.326. The van der Waals surface area contributed by atoms with Crippen LogP contribution >= 0.6 is 0 Å². The van der Waals surface area contributed by atoms with E-state index in [4.69, 9.17) is 0 Å². The number of rotatable bonds is 4. The molecule has 1 aliphatic carbocycles. The van der Waals surface area contributed by atoms with E-state index >= 15 is 0 Å². The molecule has 0 aromatic heterocycles. The lowest BCUT2D eigenvalue weighted by molar-refractivity contribution is -0.130.